The second-order valence-corrected chi connectivity index (χ2v) is 6.31. The summed E-state index contributed by atoms with van der Waals surface area (Å²) in [5, 5.41) is 14.7. The standard InChI is InChI=1S/C18H23N3O5S/c1-4-26-10-6-9-20-12(2)15(17(22)25-3)16(19-18(20)27)13-7-5-8-14(11-13)21(23)24/h5,7-8,11,16H,4,6,9-10H2,1-3H3,(H,19,27)/t16-/m0/s1. The predicted octanol–water partition coefficient (Wildman–Crippen LogP) is 2.70. The van der Waals surface area contributed by atoms with Crippen LogP contribution in [0, 0.1) is 10.1 Å². The first-order chi connectivity index (χ1) is 12.9. The Hall–Kier alpha value is -2.52. The van der Waals surface area contributed by atoms with Gasteiger partial charge in [0.25, 0.3) is 5.69 Å². The lowest BCUT2D eigenvalue weighted by Crippen LogP contribution is -2.48. The molecule has 1 heterocycles. The molecular formula is C18H23N3O5S. The van der Waals surface area contributed by atoms with Gasteiger partial charge in [0, 0.05) is 37.6 Å². The summed E-state index contributed by atoms with van der Waals surface area (Å²) >= 11 is 5.47. The summed E-state index contributed by atoms with van der Waals surface area (Å²) in [7, 11) is 1.31. The number of nitro groups is 1. The number of hydrogen-bond acceptors (Lipinski definition) is 6. The SMILES string of the molecule is CCOCCCN1C(=S)N[C@@H](c2cccc([N+](=O)[O-])c2)C(C(=O)OC)=C1C. The van der Waals surface area contributed by atoms with E-state index in [0.717, 1.165) is 6.42 Å². The van der Waals surface area contributed by atoms with Crippen LogP contribution in [0.1, 0.15) is 31.9 Å². The van der Waals surface area contributed by atoms with E-state index in [0.29, 0.717) is 41.7 Å². The summed E-state index contributed by atoms with van der Waals surface area (Å²) in [4.78, 5) is 24.9. The molecule has 8 nitrogen and oxygen atoms in total. The molecule has 0 saturated carbocycles. The number of nitro benzene ring substituents is 1. The summed E-state index contributed by atoms with van der Waals surface area (Å²) in [5.74, 6) is -0.506. The minimum absolute atomic E-state index is 0.0544. The smallest absolute Gasteiger partial charge is 0.337 e. The number of carbonyl (C=O) groups excluding carboxylic acids is 1. The van der Waals surface area contributed by atoms with Gasteiger partial charge in [0.05, 0.1) is 23.6 Å². The molecule has 0 fully saturated rings. The molecule has 1 N–H and O–H groups in total. The Morgan fingerprint density at radius 3 is 2.81 bits per heavy atom. The van der Waals surface area contributed by atoms with Crippen molar-refractivity contribution in [2.24, 2.45) is 0 Å². The van der Waals surface area contributed by atoms with Crippen LogP contribution >= 0.6 is 12.2 Å². The number of rotatable bonds is 8. The van der Waals surface area contributed by atoms with Crippen molar-refractivity contribution in [3.8, 4) is 0 Å². The van der Waals surface area contributed by atoms with Crippen molar-refractivity contribution in [1.29, 1.82) is 0 Å². The van der Waals surface area contributed by atoms with Gasteiger partial charge in [-0.05, 0) is 38.0 Å². The normalized spacial score (nSPS) is 16.9. The highest BCUT2D eigenvalue weighted by atomic mass is 32.1. The highest BCUT2D eigenvalue weighted by Crippen LogP contribution is 2.32. The molecule has 1 atom stereocenters. The van der Waals surface area contributed by atoms with Gasteiger partial charge in [0.15, 0.2) is 5.11 Å². The lowest BCUT2D eigenvalue weighted by molar-refractivity contribution is -0.384. The highest BCUT2D eigenvalue weighted by molar-refractivity contribution is 7.80. The molecular weight excluding hydrogens is 370 g/mol. The molecule has 0 amide bonds. The molecule has 9 heteroatoms. The molecule has 1 aromatic carbocycles. The Morgan fingerprint density at radius 1 is 1.44 bits per heavy atom. The van der Waals surface area contributed by atoms with Crippen molar-refractivity contribution in [3.05, 3.63) is 51.2 Å². The molecule has 0 spiro atoms. The summed E-state index contributed by atoms with van der Waals surface area (Å²) in [6.45, 7) is 5.53. The van der Waals surface area contributed by atoms with Crippen molar-refractivity contribution in [1.82, 2.24) is 10.2 Å². The number of methoxy groups -OCH3 is 1. The topological polar surface area (TPSA) is 93.9 Å². The van der Waals surface area contributed by atoms with Gasteiger partial charge in [-0.2, -0.15) is 0 Å². The molecule has 0 saturated heterocycles. The summed E-state index contributed by atoms with van der Waals surface area (Å²) in [6.07, 6.45) is 0.739. The van der Waals surface area contributed by atoms with Gasteiger partial charge in [-0.15, -0.1) is 0 Å². The van der Waals surface area contributed by atoms with E-state index in [2.05, 4.69) is 5.32 Å². The van der Waals surface area contributed by atoms with E-state index in [1.807, 2.05) is 11.8 Å². The first kappa shape index (κ1) is 20.8. The molecule has 2 rings (SSSR count). The first-order valence-corrected chi connectivity index (χ1v) is 9.00. The maximum Gasteiger partial charge on any atom is 0.337 e. The number of nitrogens with zero attached hydrogens (tertiary/aromatic N) is 2. The van der Waals surface area contributed by atoms with Gasteiger partial charge >= 0.3 is 5.97 Å². The van der Waals surface area contributed by atoms with Crippen LogP contribution < -0.4 is 5.32 Å². The number of allylic oxidation sites excluding steroid dienone is 1. The van der Waals surface area contributed by atoms with Gasteiger partial charge < -0.3 is 19.7 Å². The molecule has 0 bridgehead atoms. The Labute approximate surface area is 163 Å². The molecule has 0 unspecified atom stereocenters. The average molecular weight is 393 g/mol. The van der Waals surface area contributed by atoms with Crippen LogP contribution in [0.15, 0.2) is 35.5 Å². The molecule has 146 valence electrons. The molecule has 27 heavy (non-hydrogen) atoms. The van der Waals surface area contributed by atoms with Crippen LogP contribution in [-0.4, -0.2) is 47.8 Å². The number of esters is 1. The van der Waals surface area contributed by atoms with Crippen LogP contribution in [0.5, 0.6) is 0 Å². The van der Waals surface area contributed by atoms with E-state index in [-0.39, 0.29) is 5.69 Å². The lowest BCUT2D eigenvalue weighted by atomic mass is 9.94. The second-order valence-electron chi connectivity index (χ2n) is 5.93. The second kappa shape index (κ2) is 9.43. The largest absolute Gasteiger partial charge is 0.466 e. The van der Waals surface area contributed by atoms with E-state index in [1.54, 1.807) is 19.1 Å². The number of nitrogens with one attached hydrogen (secondary N) is 1. The van der Waals surface area contributed by atoms with E-state index in [9.17, 15) is 14.9 Å². The molecule has 0 radical (unpaired) electrons. The number of thiocarbonyl (C=S) groups is 1. The number of ether oxygens (including phenoxy) is 2. The number of carbonyl (C=O) groups is 1. The van der Waals surface area contributed by atoms with Crippen molar-refractivity contribution >= 4 is 29.0 Å². The molecule has 1 aliphatic heterocycles. The van der Waals surface area contributed by atoms with E-state index < -0.39 is 16.9 Å². The fourth-order valence-corrected chi connectivity index (χ4v) is 3.31. The van der Waals surface area contributed by atoms with E-state index in [1.165, 1.54) is 19.2 Å². The van der Waals surface area contributed by atoms with Crippen LogP contribution in [0.3, 0.4) is 0 Å². The average Bonchev–Trinajstić information content (AvgIpc) is 2.66. The Balaban J connectivity index is 2.39. The quantitative estimate of drug-likeness (QED) is 0.237. The number of benzene rings is 1. The third-order valence-electron chi connectivity index (χ3n) is 4.29. The zero-order valence-electron chi connectivity index (χ0n) is 15.6. The van der Waals surface area contributed by atoms with Gasteiger partial charge in [-0.3, -0.25) is 10.1 Å². The van der Waals surface area contributed by atoms with E-state index in [4.69, 9.17) is 21.7 Å². The zero-order valence-corrected chi connectivity index (χ0v) is 16.4. The number of non-ortho nitro benzene ring substituents is 1. The third kappa shape index (κ3) is 4.81. The summed E-state index contributed by atoms with van der Waals surface area (Å²) in [6, 6.07) is 5.51. The Bertz CT molecular complexity index is 765. The Kier molecular flexibility index (Phi) is 7.26. The molecule has 0 aromatic heterocycles. The van der Waals surface area contributed by atoms with Gasteiger partial charge in [-0.25, -0.2) is 4.79 Å². The van der Waals surface area contributed by atoms with Gasteiger partial charge in [0.2, 0.25) is 0 Å². The zero-order chi connectivity index (χ0) is 20.0. The maximum absolute atomic E-state index is 12.5. The van der Waals surface area contributed by atoms with Crippen molar-refractivity contribution in [3.63, 3.8) is 0 Å². The lowest BCUT2D eigenvalue weighted by Gasteiger charge is -2.37. The van der Waals surface area contributed by atoms with E-state index >= 15 is 0 Å². The van der Waals surface area contributed by atoms with Crippen molar-refractivity contribution < 1.29 is 19.2 Å². The van der Waals surface area contributed by atoms with Crippen LogP contribution in [-0.2, 0) is 14.3 Å². The molecule has 1 aromatic rings. The van der Waals surface area contributed by atoms with Gasteiger partial charge in [0.1, 0.15) is 0 Å². The molecule has 0 aliphatic carbocycles. The maximum atomic E-state index is 12.5. The minimum Gasteiger partial charge on any atom is -0.466 e. The van der Waals surface area contributed by atoms with Crippen LogP contribution in [0.4, 0.5) is 5.69 Å². The summed E-state index contributed by atoms with van der Waals surface area (Å²) in [5.41, 5.74) is 1.56. The number of hydrogen-bond donors (Lipinski definition) is 1. The predicted molar refractivity (Wildman–Crippen MR) is 104 cm³/mol. The minimum atomic E-state index is -0.618. The molecule has 1 aliphatic rings. The fourth-order valence-electron chi connectivity index (χ4n) is 2.96. The monoisotopic (exact) mass is 393 g/mol. The first-order valence-electron chi connectivity index (χ1n) is 8.59. The Morgan fingerprint density at radius 2 is 2.19 bits per heavy atom. The van der Waals surface area contributed by atoms with Crippen LogP contribution in [0.2, 0.25) is 0 Å². The highest BCUT2D eigenvalue weighted by Gasteiger charge is 2.34. The summed E-state index contributed by atoms with van der Waals surface area (Å²) < 4.78 is 10.3. The fraction of sp³-hybridized carbons (Fsp3) is 0.444. The van der Waals surface area contributed by atoms with Gasteiger partial charge in [-0.1, -0.05) is 12.1 Å². The van der Waals surface area contributed by atoms with Crippen LogP contribution in [0.25, 0.3) is 0 Å². The van der Waals surface area contributed by atoms with Crippen molar-refractivity contribution in [2.45, 2.75) is 26.3 Å². The third-order valence-corrected chi connectivity index (χ3v) is 4.63. The van der Waals surface area contributed by atoms with Crippen molar-refractivity contribution in [2.75, 3.05) is 26.9 Å².